The van der Waals surface area contributed by atoms with Gasteiger partial charge in [0.15, 0.2) is 0 Å². The predicted molar refractivity (Wildman–Crippen MR) is 56.9 cm³/mol. The minimum atomic E-state index is -0.524. The second-order valence-electron chi connectivity index (χ2n) is 5.66. The van der Waals surface area contributed by atoms with Gasteiger partial charge in [-0.2, -0.15) is 0 Å². The number of hydrogen-bond donors (Lipinski definition) is 2. The quantitative estimate of drug-likeness (QED) is 0.691. The maximum atomic E-state index is 9.63. The highest BCUT2D eigenvalue weighted by Gasteiger charge is 2.44. The van der Waals surface area contributed by atoms with E-state index in [9.17, 15) is 5.11 Å². The van der Waals surface area contributed by atoms with Crippen LogP contribution in [0.25, 0.3) is 0 Å². The van der Waals surface area contributed by atoms with Gasteiger partial charge in [0.1, 0.15) is 0 Å². The molecule has 2 aliphatic heterocycles. The number of piperidine rings is 2. The molecule has 0 amide bonds. The molecule has 3 fully saturated rings. The van der Waals surface area contributed by atoms with Gasteiger partial charge in [0, 0.05) is 25.7 Å². The molecule has 0 aromatic carbocycles. The smallest absolute Gasteiger partial charge is 0.0603 e. The van der Waals surface area contributed by atoms with Crippen LogP contribution in [0.5, 0.6) is 0 Å². The Labute approximate surface area is 86.3 Å². The molecule has 0 radical (unpaired) electrons. The predicted octanol–water partition coefficient (Wildman–Crippen LogP) is 0.426. The van der Waals surface area contributed by atoms with Gasteiger partial charge in [-0.25, -0.2) is 0 Å². The zero-order valence-corrected chi connectivity index (χ0v) is 9.24. The van der Waals surface area contributed by atoms with Crippen molar-refractivity contribution in [3.05, 3.63) is 0 Å². The molecule has 2 unspecified atom stereocenters. The number of nitrogens with zero attached hydrogens (tertiary/aromatic N) is 1. The molecule has 3 heteroatoms. The maximum Gasteiger partial charge on any atom is 0.0603 e. The molecule has 14 heavy (non-hydrogen) atoms. The average molecular weight is 198 g/mol. The van der Waals surface area contributed by atoms with Crippen LogP contribution in [0.4, 0.5) is 0 Å². The van der Waals surface area contributed by atoms with Crippen LogP contribution >= 0.6 is 0 Å². The van der Waals surface area contributed by atoms with Crippen molar-refractivity contribution in [3.8, 4) is 0 Å². The lowest BCUT2D eigenvalue weighted by Gasteiger charge is -2.52. The van der Waals surface area contributed by atoms with Crippen molar-refractivity contribution in [3.63, 3.8) is 0 Å². The lowest BCUT2D eigenvalue weighted by Crippen LogP contribution is -2.62. The summed E-state index contributed by atoms with van der Waals surface area (Å²) < 4.78 is 0. The maximum absolute atomic E-state index is 9.63. The third-order valence-corrected chi connectivity index (χ3v) is 3.72. The molecule has 3 N–H and O–H groups in total. The van der Waals surface area contributed by atoms with Crippen LogP contribution in [0.1, 0.15) is 26.7 Å². The Morgan fingerprint density at radius 3 is 2.36 bits per heavy atom. The molecule has 1 aliphatic carbocycles. The van der Waals surface area contributed by atoms with Crippen LogP contribution in [0.3, 0.4) is 0 Å². The summed E-state index contributed by atoms with van der Waals surface area (Å²) in [5, 5.41) is 9.63. The molecule has 3 rings (SSSR count). The van der Waals surface area contributed by atoms with Crippen molar-refractivity contribution in [2.75, 3.05) is 19.6 Å². The second kappa shape index (κ2) is 3.47. The Balaban J connectivity index is 1.74. The van der Waals surface area contributed by atoms with Gasteiger partial charge in [-0.15, -0.1) is 0 Å². The molecule has 82 valence electrons. The molecule has 3 nitrogen and oxygen atoms in total. The van der Waals surface area contributed by atoms with Crippen LogP contribution in [0.2, 0.25) is 0 Å². The van der Waals surface area contributed by atoms with Crippen molar-refractivity contribution < 1.29 is 5.11 Å². The van der Waals surface area contributed by atoms with Gasteiger partial charge < -0.3 is 15.7 Å². The van der Waals surface area contributed by atoms with Crippen LogP contribution in [0, 0.1) is 11.8 Å². The van der Waals surface area contributed by atoms with Gasteiger partial charge in [0.05, 0.1) is 5.60 Å². The van der Waals surface area contributed by atoms with Gasteiger partial charge in [0.25, 0.3) is 0 Å². The SMILES string of the molecule is CC(C)(O)CCN1CC2CC(C1)C2N. The highest BCUT2D eigenvalue weighted by Crippen LogP contribution is 2.38. The van der Waals surface area contributed by atoms with Crippen LogP contribution < -0.4 is 5.73 Å². The molecule has 3 aliphatic rings. The van der Waals surface area contributed by atoms with E-state index in [1.807, 2.05) is 13.8 Å². The van der Waals surface area contributed by atoms with Gasteiger partial charge in [-0.1, -0.05) is 0 Å². The highest BCUT2D eigenvalue weighted by molar-refractivity contribution is 4.99. The first-order chi connectivity index (χ1) is 6.46. The van der Waals surface area contributed by atoms with Crippen LogP contribution in [-0.2, 0) is 0 Å². The summed E-state index contributed by atoms with van der Waals surface area (Å²) in [6.45, 7) is 7.07. The normalized spacial score (nSPS) is 38.1. The van der Waals surface area contributed by atoms with E-state index >= 15 is 0 Å². The summed E-state index contributed by atoms with van der Waals surface area (Å²) >= 11 is 0. The zero-order chi connectivity index (χ0) is 10.3. The van der Waals surface area contributed by atoms with Crippen molar-refractivity contribution in [1.29, 1.82) is 0 Å². The Bertz CT molecular complexity index is 200. The van der Waals surface area contributed by atoms with Crippen molar-refractivity contribution >= 4 is 0 Å². The molecule has 2 saturated heterocycles. The van der Waals surface area contributed by atoms with Crippen molar-refractivity contribution in [2.45, 2.75) is 38.3 Å². The summed E-state index contributed by atoms with van der Waals surface area (Å²) in [5.41, 5.74) is 5.47. The fourth-order valence-corrected chi connectivity index (χ4v) is 2.64. The fraction of sp³-hybridized carbons (Fsp3) is 1.00. The fourth-order valence-electron chi connectivity index (χ4n) is 2.64. The standard InChI is InChI=1S/C11H22N2O/c1-11(2,14)3-4-13-6-8-5-9(7-13)10(8)12/h8-10,14H,3-7,12H2,1-2H3. The van der Waals surface area contributed by atoms with E-state index in [-0.39, 0.29) is 0 Å². The first-order valence-corrected chi connectivity index (χ1v) is 5.66. The Morgan fingerprint density at radius 1 is 1.36 bits per heavy atom. The minimum Gasteiger partial charge on any atom is -0.390 e. The lowest BCUT2D eigenvalue weighted by atomic mass is 9.67. The van der Waals surface area contributed by atoms with E-state index in [4.69, 9.17) is 5.73 Å². The van der Waals surface area contributed by atoms with E-state index in [2.05, 4.69) is 4.90 Å². The zero-order valence-electron chi connectivity index (χ0n) is 9.24. The minimum absolute atomic E-state index is 0.466. The summed E-state index contributed by atoms with van der Waals surface area (Å²) in [4.78, 5) is 2.46. The van der Waals surface area contributed by atoms with Gasteiger partial charge >= 0.3 is 0 Å². The van der Waals surface area contributed by atoms with Gasteiger partial charge in [0.2, 0.25) is 0 Å². The lowest BCUT2D eigenvalue weighted by molar-refractivity contribution is -0.0133. The van der Waals surface area contributed by atoms with Gasteiger partial charge in [-0.3, -0.25) is 0 Å². The molecule has 2 heterocycles. The largest absolute Gasteiger partial charge is 0.390 e. The number of hydrogen-bond acceptors (Lipinski definition) is 3. The number of rotatable bonds is 3. The first kappa shape index (κ1) is 10.4. The molecular formula is C11H22N2O. The van der Waals surface area contributed by atoms with Gasteiger partial charge in [-0.05, 0) is 38.5 Å². The third kappa shape index (κ3) is 2.10. The van der Waals surface area contributed by atoms with Crippen LogP contribution in [-0.4, -0.2) is 41.3 Å². The molecule has 0 aromatic heterocycles. The molecule has 0 aromatic rings. The third-order valence-electron chi connectivity index (χ3n) is 3.72. The Kier molecular flexibility index (Phi) is 2.58. The Morgan fingerprint density at radius 2 is 1.93 bits per heavy atom. The number of nitrogens with two attached hydrogens (primary N) is 1. The monoisotopic (exact) mass is 198 g/mol. The van der Waals surface area contributed by atoms with Crippen LogP contribution in [0.15, 0.2) is 0 Å². The molecule has 2 bridgehead atoms. The first-order valence-electron chi connectivity index (χ1n) is 5.66. The summed E-state index contributed by atoms with van der Waals surface area (Å²) in [7, 11) is 0. The molecule has 2 atom stereocenters. The molecule has 0 spiro atoms. The number of fused-ring (bicyclic) bond motifs is 2. The van der Waals surface area contributed by atoms with E-state index < -0.39 is 5.60 Å². The molecular weight excluding hydrogens is 176 g/mol. The van der Waals surface area contributed by atoms with E-state index in [1.54, 1.807) is 0 Å². The second-order valence-corrected chi connectivity index (χ2v) is 5.66. The molecule has 1 saturated carbocycles. The van der Waals surface area contributed by atoms with Crippen molar-refractivity contribution in [2.24, 2.45) is 17.6 Å². The van der Waals surface area contributed by atoms with Crippen molar-refractivity contribution in [1.82, 2.24) is 4.90 Å². The number of aliphatic hydroxyl groups is 1. The Hall–Kier alpha value is -0.120. The van der Waals surface area contributed by atoms with E-state index in [1.165, 1.54) is 6.42 Å². The van der Waals surface area contributed by atoms with E-state index in [0.29, 0.717) is 6.04 Å². The van der Waals surface area contributed by atoms with E-state index in [0.717, 1.165) is 37.9 Å². The summed E-state index contributed by atoms with van der Waals surface area (Å²) in [6, 6.07) is 0.466. The highest BCUT2D eigenvalue weighted by atomic mass is 16.3. The summed E-state index contributed by atoms with van der Waals surface area (Å²) in [6.07, 6.45) is 2.20. The average Bonchev–Trinajstić information content (AvgIpc) is 2.13. The topological polar surface area (TPSA) is 49.5 Å². The summed E-state index contributed by atoms with van der Waals surface area (Å²) in [5.74, 6) is 1.46.